The Morgan fingerprint density at radius 2 is 2.05 bits per heavy atom. The number of benzene rings is 1. The monoisotopic (exact) mass is 310 g/mol. The van der Waals surface area contributed by atoms with Crippen LogP contribution in [0.3, 0.4) is 0 Å². The van der Waals surface area contributed by atoms with Crippen LogP contribution in [0.2, 0.25) is 0 Å². The molecule has 3 unspecified atom stereocenters. The van der Waals surface area contributed by atoms with Gasteiger partial charge in [-0.15, -0.1) is 0 Å². The summed E-state index contributed by atoms with van der Waals surface area (Å²) in [5, 5.41) is 4.39. The maximum Gasteiger partial charge on any atom is 0.176 e. The summed E-state index contributed by atoms with van der Waals surface area (Å²) >= 11 is 1.59. The molecule has 0 saturated carbocycles. The van der Waals surface area contributed by atoms with Crippen molar-refractivity contribution in [2.24, 2.45) is 10.9 Å². The predicted molar refractivity (Wildman–Crippen MR) is 91.5 cm³/mol. The average Bonchev–Trinajstić information content (AvgIpc) is 2.73. The summed E-state index contributed by atoms with van der Waals surface area (Å²) in [4.78, 5) is 17.2. The third-order valence-corrected chi connectivity index (χ3v) is 5.63. The molecule has 1 heterocycles. The van der Waals surface area contributed by atoms with Crippen molar-refractivity contribution in [3.63, 3.8) is 0 Å². The first-order valence-corrected chi connectivity index (χ1v) is 8.64. The van der Waals surface area contributed by atoms with Crippen LogP contribution >= 0.6 is 11.8 Å². The lowest BCUT2D eigenvalue weighted by molar-refractivity contribution is 0.100. The summed E-state index contributed by atoms with van der Waals surface area (Å²) in [6.07, 6.45) is 10.5. The van der Waals surface area contributed by atoms with Gasteiger partial charge in [0.1, 0.15) is 0 Å². The number of Topliss-reactive ketones (excluding diaryl/α,β-unsaturated/α-hetero) is 1. The van der Waals surface area contributed by atoms with E-state index in [-0.39, 0.29) is 11.0 Å². The summed E-state index contributed by atoms with van der Waals surface area (Å²) in [6.45, 7) is 0.822. The summed E-state index contributed by atoms with van der Waals surface area (Å²) in [5.41, 5.74) is 2.05. The second-order valence-electron chi connectivity index (χ2n) is 5.91. The molecule has 4 heteroatoms. The lowest BCUT2D eigenvalue weighted by Crippen LogP contribution is -2.37. The van der Waals surface area contributed by atoms with Crippen LogP contribution in [0, 0.1) is 5.92 Å². The lowest BCUT2D eigenvalue weighted by atomic mass is 9.93. The number of ketones is 1. The molecule has 2 aliphatic carbocycles. The fraction of sp³-hybridized carbons (Fsp3) is 0.333. The van der Waals surface area contributed by atoms with E-state index in [1.165, 1.54) is 0 Å². The van der Waals surface area contributed by atoms with E-state index >= 15 is 0 Å². The SMILES string of the molecule is O=C1c2ccccc2CC1SC1=NCCC2C=CC=CC2N1. The van der Waals surface area contributed by atoms with E-state index in [0.717, 1.165) is 35.7 Å². The third kappa shape index (κ3) is 2.52. The molecule has 1 aromatic carbocycles. The highest BCUT2D eigenvalue weighted by Crippen LogP contribution is 2.31. The largest absolute Gasteiger partial charge is 0.358 e. The standard InChI is InChI=1S/C18H18N2OS/c21-17-14-7-3-1-6-13(14)11-16(17)22-18-19-10-9-12-5-2-4-8-15(12)20-18/h1-8,12,15-16H,9-11H2,(H,19,20). The Bertz CT molecular complexity index is 692. The first-order valence-electron chi connectivity index (χ1n) is 7.76. The number of rotatable bonds is 1. The summed E-state index contributed by atoms with van der Waals surface area (Å²) in [5.74, 6) is 0.744. The number of allylic oxidation sites excluding steroid dienone is 2. The minimum atomic E-state index is -0.0386. The van der Waals surface area contributed by atoms with Gasteiger partial charge in [0.05, 0.1) is 11.3 Å². The highest BCUT2D eigenvalue weighted by Gasteiger charge is 2.33. The number of thioether (sulfide) groups is 1. The first-order chi connectivity index (χ1) is 10.8. The molecule has 112 valence electrons. The topological polar surface area (TPSA) is 41.5 Å². The molecule has 1 N–H and O–H groups in total. The van der Waals surface area contributed by atoms with Crippen molar-refractivity contribution in [2.45, 2.75) is 24.1 Å². The zero-order chi connectivity index (χ0) is 14.9. The smallest absolute Gasteiger partial charge is 0.176 e. The number of amidine groups is 1. The lowest BCUT2D eigenvalue weighted by Gasteiger charge is -2.23. The van der Waals surface area contributed by atoms with Crippen molar-refractivity contribution >= 4 is 22.7 Å². The van der Waals surface area contributed by atoms with Gasteiger partial charge in [-0.2, -0.15) is 0 Å². The average molecular weight is 310 g/mol. The molecular weight excluding hydrogens is 292 g/mol. The van der Waals surface area contributed by atoms with Gasteiger partial charge in [-0.25, -0.2) is 0 Å². The Labute approximate surface area is 134 Å². The number of hydrogen-bond acceptors (Lipinski definition) is 4. The maximum atomic E-state index is 12.5. The molecule has 0 fully saturated rings. The zero-order valence-corrected chi connectivity index (χ0v) is 13.1. The van der Waals surface area contributed by atoms with Gasteiger partial charge in [-0.05, 0) is 18.4 Å². The fourth-order valence-corrected chi connectivity index (χ4v) is 4.43. The molecule has 3 aliphatic rings. The number of nitrogens with zero attached hydrogens (tertiary/aromatic N) is 1. The number of nitrogens with one attached hydrogen (secondary N) is 1. The first kappa shape index (κ1) is 13.8. The minimum Gasteiger partial charge on any atom is -0.358 e. The molecule has 1 aromatic rings. The van der Waals surface area contributed by atoms with Crippen molar-refractivity contribution < 1.29 is 4.79 Å². The van der Waals surface area contributed by atoms with Crippen molar-refractivity contribution in [2.75, 3.05) is 6.54 Å². The van der Waals surface area contributed by atoms with Crippen LogP contribution in [0.1, 0.15) is 22.3 Å². The van der Waals surface area contributed by atoms with E-state index in [0.29, 0.717) is 12.0 Å². The van der Waals surface area contributed by atoms with Gasteiger partial charge in [-0.1, -0.05) is 60.3 Å². The fourth-order valence-electron chi connectivity index (χ4n) is 3.29. The summed E-state index contributed by atoms with van der Waals surface area (Å²) in [6, 6.07) is 8.24. The van der Waals surface area contributed by atoms with Crippen LogP contribution in [0.4, 0.5) is 0 Å². The Balaban J connectivity index is 1.48. The normalized spacial score (nSPS) is 29.4. The van der Waals surface area contributed by atoms with E-state index in [9.17, 15) is 4.79 Å². The molecule has 3 atom stereocenters. The summed E-state index contributed by atoms with van der Waals surface area (Å²) < 4.78 is 0. The van der Waals surface area contributed by atoms with Crippen molar-refractivity contribution in [3.05, 3.63) is 59.7 Å². The molecule has 4 rings (SSSR count). The van der Waals surface area contributed by atoms with E-state index in [1.807, 2.05) is 18.2 Å². The van der Waals surface area contributed by atoms with Gasteiger partial charge in [0.15, 0.2) is 11.0 Å². The third-order valence-electron chi connectivity index (χ3n) is 4.49. The maximum absolute atomic E-state index is 12.5. The number of hydrogen-bond donors (Lipinski definition) is 1. The Morgan fingerprint density at radius 1 is 1.18 bits per heavy atom. The molecule has 3 nitrogen and oxygen atoms in total. The molecule has 0 spiro atoms. The van der Waals surface area contributed by atoms with Crippen LogP contribution in [-0.4, -0.2) is 28.8 Å². The molecule has 0 bridgehead atoms. The second-order valence-corrected chi connectivity index (χ2v) is 7.10. The van der Waals surface area contributed by atoms with Crippen LogP contribution in [-0.2, 0) is 6.42 Å². The van der Waals surface area contributed by atoms with Gasteiger partial charge in [0.25, 0.3) is 0 Å². The van der Waals surface area contributed by atoms with Crippen LogP contribution in [0.5, 0.6) is 0 Å². The minimum absolute atomic E-state index is 0.0386. The van der Waals surface area contributed by atoms with Crippen molar-refractivity contribution in [1.82, 2.24) is 5.32 Å². The molecule has 0 amide bonds. The predicted octanol–water partition coefficient (Wildman–Crippen LogP) is 2.99. The number of carbonyl (C=O) groups excluding carboxylic acids is 1. The molecule has 22 heavy (non-hydrogen) atoms. The highest BCUT2D eigenvalue weighted by atomic mass is 32.2. The Kier molecular flexibility index (Phi) is 3.62. The highest BCUT2D eigenvalue weighted by molar-refractivity contribution is 8.15. The van der Waals surface area contributed by atoms with Crippen molar-refractivity contribution in [1.29, 1.82) is 0 Å². The molecule has 0 saturated heterocycles. The quantitative estimate of drug-likeness (QED) is 0.867. The van der Waals surface area contributed by atoms with Gasteiger partial charge in [0, 0.05) is 18.0 Å². The number of fused-ring (bicyclic) bond motifs is 2. The Morgan fingerprint density at radius 3 is 2.95 bits per heavy atom. The summed E-state index contributed by atoms with van der Waals surface area (Å²) in [7, 11) is 0. The van der Waals surface area contributed by atoms with Crippen molar-refractivity contribution in [3.8, 4) is 0 Å². The Hall–Kier alpha value is -1.81. The second kappa shape index (κ2) is 5.76. The van der Waals surface area contributed by atoms with E-state index < -0.39 is 0 Å². The van der Waals surface area contributed by atoms with Crippen LogP contribution in [0.25, 0.3) is 0 Å². The molecule has 1 aliphatic heterocycles. The van der Waals surface area contributed by atoms with Gasteiger partial charge < -0.3 is 5.32 Å². The van der Waals surface area contributed by atoms with Crippen LogP contribution in [0.15, 0.2) is 53.6 Å². The molecular formula is C18H18N2OS. The van der Waals surface area contributed by atoms with Gasteiger partial charge in [0.2, 0.25) is 0 Å². The number of aliphatic imine (C=N–C) groups is 1. The van der Waals surface area contributed by atoms with E-state index in [4.69, 9.17) is 0 Å². The molecule has 0 aromatic heterocycles. The molecule has 0 radical (unpaired) electrons. The zero-order valence-electron chi connectivity index (χ0n) is 12.2. The van der Waals surface area contributed by atoms with E-state index in [2.05, 4.69) is 40.7 Å². The van der Waals surface area contributed by atoms with Crippen LogP contribution < -0.4 is 5.32 Å². The van der Waals surface area contributed by atoms with E-state index in [1.54, 1.807) is 11.8 Å². The number of carbonyl (C=O) groups is 1. The van der Waals surface area contributed by atoms with Gasteiger partial charge >= 0.3 is 0 Å². The van der Waals surface area contributed by atoms with Gasteiger partial charge in [-0.3, -0.25) is 9.79 Å².